The minimum atomic E-state index is 0.308. The summed E-state index contributed by atoms with van der Waals surface area (Å²) in [4.78, 5) is 13.4. The Morgan fingerprint density at radius 2 is 2.27 bits per heavy atom. The van der Waals surface area contributed by atoms with Crippen LogP contribution in [0.1, 0.15) is 32.6 Å². The van der Waals surface area contributed by atoms with Crippen molar-refractivity contribution in [3.63, 3.8) is 0 Å². The highest BCUT2D eigenvalue weighted by Crippen LogP contribution is 2.18. The van der Waals surface area contributed by atoms with E-state index in [9.17, 15) is 4.79 Å². The van der Waals surface area contributed by atoms with E-state index in [1.54, 1.807) is 0 Å². The number of hydrogen-bond acceptors (Lipinski definition) is 1. The largest absolute Gasteiger partial charge is 0.346 e. The average molecular weight is 155 g/mol. The molecule has 0 bridgehead atoms. The SMILES string of the molecule is CCC1CCCCN(C)C1=O. The van der Waals surface area contributed by atoms with Gasteiger partial charge in [-0.2, -0.15) is 0 Å². The molecular weight excluding hydrogens is 138 g/mol. The summed E-state index contributed by atoms with van der Waals surface area (Å²) in [6.45, 7) is 3.05. The van der Waals surface area contributed by atoms with Gasteiger partial charge in [0.1, 0.15) is 0 Å². The summed E-state index contributed by atoms with van der Waals surface area (Å²) < 4.78 is 0. The Balaban J connectivity index is 2.56. The maximum absolute atomic E-state index is 11.5. The van der Waals surface area contributed by atoms with Crippen molar-refractivity contribution in [1.82, 2.24) is 4.90 Å². The Hall–Kier alpha value is -0.530. The normalized spacial score (nSPS) is 26.9. The van der Waals surface area contributed by atoms with Gasteiger partial charge in [0, 0.05) is 19.5 Å². The molecule has 1 atom stereocenters. The summed E-state index contributed by atoms with van der Waals surface area (Å²) in [6, 6.07) is 0. The summed E-state index contributed by atoms with van der Waals surface area (Å²) >= 11 is 0. The lowest BCUT2D eigenvalue weighted by molar-refractivity contribution is -0.133. The van der Waals surface area contributed by atoms with Crippen LogP contribution in [0.4, 0.5) is 0 Å². The van der Waals surface area contributed by atoms with Crippen LogP contribution < -0.4 is 0 Å². The van der Waals surface area contributed by atoms with Crippen LogP contribution in [0.5, 0.6) is 0 Å². The van der Waals surface area contributed by atoms with Crippen LogP contribution in [0.15, 0.2) is 0 Å². The van der Waals surface area contributed by atoms with E-state index < -0.39 is 0 Å². The summed E-state index contributed by atoms with van der Waals surface area (Å²) in [5, 5.41) is 0. The van der Waals surface area contributed by atoms with E-state index >= 15 is 0 Å². The molecule has 0 aliphatic carbocycles. The number of carbonyl (C=O) groups excluding carboxylic acids is 1. The molecule has 0 radical (unpaired) electrons. The van der Waals surface area contributed by atoms with Crippen molar-refractivity contribution in [2.75, 3.05) is 13.6 Å². The van der Waals surface area contributed by atoms with Crippen molar-refractivity contribution < 1.29 is 4.79 Å². The monoisotopic (exact) mass is 155 g/mol. The topological polar surface area (TPSA) is 20.3 Å². The highest BCUT2D eigenvalue weighted by molar-refractivity contribution is 5.78. The van der Waals surface area contributed by atoms with Gasteiger partial charge >= 0.3 is 0 Å². The zero-order valence-electron chi connectivity index (χ0n) is 7.47. The number of likely N-dealkylation sites (tertiary alicyclic amines) is 1. The smallest absolute Gasteiger partial charge is 0.225 e. The maximum Gasteiger partial charge on any atom is 0.225 e. The van der Waals surface area contributed by atoms with Crippen molar-refractivity contribution in [3.05, 3.63) is 0 Å². The molecule has 1 fully saturated rings. The second-order valence-corrected chi connectivity index (χ2v) is 3.36. The molecule has 0 N–H and O–H groups in total. The van der Waals surface area contributed by atoms with Crippen LogP contribution in [-0.2, 0) is 4.79 Å². The van der Waals surface area contributed by atoms with Gasteiger partial charge in [-0.15, -0.1) is 0 Å². The van der Waals surface area contributed by atoms with Crippen LogP contribution in [0.25, 0.3) is 0 Å². The van der Waals surface area contributed by atoms with Gasteiger partial charge in [-0.1, -0.05) is 13.3 Å². The molecule has 1 saturated heterocycles. The van der Waals surface area contributed by atoms with E-state index in [0.29, 0.717) is 11.8 Å². The molecule has 0 saturated carbocycles. The van der Waals surface area contributed by atoms with Gasteiger partial charge in [-0.25, -0.2) is 0 Å². The first-order valence-electron chi connectivity index (χ1n) is 4.50. The quantitative estimate of drug-likeness (QED) is 0.564. The summed E-state index contributed by atoms with van der Waals surface area (Å²) in [6.07, 6.45) is 4.50. The molecular formula is C9H17NO. The van der Waals surface area contributed by atoms with Crippen LogP contribution in [0, 0.1) is 5.92 Å². The standard InChI is InChI=1S/C9H17NO/c1-3-8-6-4-5-7-10(2)9(8)11/h8H,3-7H2,1-2H3. The lowest BCUT2D eigenvalue weighted by atomic mass is 10.00. The molecule has 2 nitrogen and oxygen atoms in total. The molecule has 1 aliphatic rings. The first-order chi connectivity index (χ1) is 5.25. The van der Waals surface area contributed by atoms with Gasteiger partial charge in [-0.3, -0.25) is 4.79 Å². The highest BCUT2D eigenvalue weighted by Gasteiger charge is 2.22. The van der Waals surface area contributed by atoms with Crippen LogP contribution in [0.2, 0.25) is 0 Å². The number of nitrogens with zero attached hydrogens (tertiary/aromatic N) is 1. The van der Waals surface area contributed by atoms with E-state index in [1.807, 2.05) is 11.9 Å². The Morgan fingerprint density at radius 1 is 1.55 bits per heavy atom. The third-order valence-electron chi connectivity index (χ3n) is 2.51. The Bertz CT molecular complexity index is 144. The van der Waals surface area contributed by atoms with Crippen LogP contribution in [0.3, 0.4) is 0 Å². The van der Waals surface area contributed by atoms with Gasteiger partial charge in [0.2, 0.25) is 5.91 Å². The first-order valence-corrected chi connectivity index (χ1v) is 4.50. The second-order valence-electron chi connectivity index (χ2n) is 3.36. The van der Waals surface area contributed by atoms with Crippen LogP contribution >= 0.6 is 0 Å². The predicted octanol–water partition coefficient (Wildman–Crippen LogP) is 1.65. The van der Waals surface area contributed by atoms with Crippen molar-refractivity contribution in [2.24, 2.45) is 5.92 Å². The second kappa shape index (κ2) is 3.74. The van der Waals surface area contributed by atoms with E-state index in [2.05, 4.69) is 6.92 Å². The molecule has 1 heterocycles. The van der Waals surface area contributed by atoms with Gasteiger partial charge < -0.3 is 4.90 Å². The molecule has 11 heavy (non-hydrogen) atoms. The van der Waals surface area contributed by atoms with E-state index in [1.165, 1.54) is 12.8 Å². The minimum Gasteiger partial charge on any atom is -0.346 e. The molecule has 2 heteroatoms. The molecule has 1 amide bonds. The lowest BCUT2D eigenvalue weighted by Crippen LogP contribution is -2.30. The number of hydrogen-bond donors (Lipinski definition) is 0. The van der Waals surface area contributed by atoms with Crippen molar-refractivity contribution >= 4 is 5.91 Å². The van der Waals surface area contributed by atoms with Gasteiger partial charge in [0.05, 0.1) is 0 Å². The third-order valence-corrected chi connectivity index (χ3v) is 2.51. The third kappa shape index (κ3) is 1.95. The molecule has 64 valence electrons. The maximum atomic E-state index is 11.5. The minimum absolute atomic E-state index is 0.308. The fourth-order valence-electron chi connectivity index (χ4n) is 1.66. The Labute approximate surface area is 68.6 Å². The van der Waals surface area contributed by atoms with E-state index in [4.69, 9.17) is 0 Å². The molecule has 1 aliphatic heterocycles. The van der Waals surface area contributed by atoms with Crippen molar-refractivity contribution in [1.29, 1.82) is 0 Å². The number of amides is 1. The Kier molecular flexibility index (Phi) is 2.92. The van der Waals surface area contributed by atoms with Gasteiger partial charge in [0.15, 0.2) is 0 Å². The zero-order chi connectivity index (χ0) is 8.27. The fraction of sp³-hybridized carbons (Fsp3) is 0.889. The summed E-state index contributed by atoms with van der Waals surface area (Å²) in [7, 11) is 1.91. The molecule has 1 rings (SSSR count). The fourth-order valence-corrected chi connectivity index (χ4v) is 1.66. The van der Waals surface area contributed by atoms with Crippen LogP contribution in [-0.4, -0.2) is 24.4 Å². The van der Waals surface area contributed by atoms with Gasteiger partial charge in [-0.05, 0) is 19.3 Å². The average Bonchev–Trinajstić information content (AvgIpc) is 2.16. The summed E-state index contributed by atoms with van der Waals surface area (Å²) in [5.74, 6) is 0.660. The molecule has 1 unspecified atom stereocenters. The molecule has 0 aromatic rings. The first kappa shape index (κ1) is 8.57. The number of carbonyl (C=O) groups is 1. The molecule has 0 aromatic heterocycles. The molecule has 0 aromatic carbocycles. The van der Waals surface area contributed by atoms with Gasteiger partial charge in [0.25, 0.3) is 0 Å². The van der Waals surface area contributed by atoms with E-state index in [0.717, 1.165) is 19.4 Å². The zero-order valence-corrected chi connectivity index (χ0v) is 7.47. The Morgan fingerprint density at radius 3 is 2.91 bits per heavy atom. The number of rotatable bonds is 1. The predicted molar refractivity (Wildman–Crippen MR) is 45.3 cm³/mol. The summed E-state index contributed by atoms with van der Waals surface area (Å²) in [5.41, 5.74) is 0. The lowest BCUT2D eigenvalue weighted by Gasteiger charge is -2.18. The molecule has 0 spiro atoms. The van der Waals surface area contributed by atoms with E-state index in [-0.39, 0.29) is 0 Å². The van der Waals surface area contributed by atoms with Crippen molar-refractivity contribution in [3.8, 4) is 0 Å². The van der Waals surface area contributed by atoms with Crippen molar-refractivity contribution in [2.45, 2.75) is 32.6 Å². The highest BCUT2D eigenvalue weighted by atomic mass is 16.2.